The van der Waals surface area contributed by atoms with Crippen LogP contribution in [0.2, 0.25) is 0 Å². The Labute approximate surface area is 144 Å². The minimum absolute atomic E-state index is 0.0551. The molecule has 0 aromatic rings. The third-order valence-electron chi connectivity index (χ3n) is 7.54. The van der Waals surface area contributed by atoms with E-state index in [1.807, 2.05) is 0 Å². The number of carbonyl (C=O) groups excluding carboxylic acids is 2. The maximum absolute atomic E-state index is 12.4. The number of esters is 1. The topological polar surface area (TPSA) is 43.4 Å². The molecule has 0 aliphatic heterocycles. The number of Topliss-reactive ketones (excluding diaryl/α,β-unsaturated/α-hetero) is 1. The standard InChI is InChI=1S/C21H28O3/c1-13(22)24-15-8-10-20(2)14(12-15)4-5-16-17-6-7-19(23)21(17,3)11-9-18(16)20/h4,6,15-16,18H,5,7-12H2,1-3H3/t15-,16-,18-,20-,21-/m0/s1. The first kappa shape index (κ1) is 16.1. The Morgan fingerprint density at radius 2 is 2.00 bits per heavy atom. The fourth-order valence-electron chi connectivity index (χ4n) is 6.12. The first-order chi connectivity index (χ1) is 11.3. The van der Waals surface area contributed by atoms with Gasteiger partial charge in [-0.15, -0.1) is 0 Å². The molecule has 24 heavy (non-hydrogen) atoms. The summed E-state index contributed by atoms with van der Waals surface area (Å²) in [7, 11) is 0. The van der Waals surface area contributed by atoms with Crippen LogP contribution in [0, 0.1) is 22.7 Å². The summed E-state index contributed by atoms with van der Waals surface area (Å²) in [6, 6.07) is 0. The van der Waals surface area contributed by atoms with Crippen molar-refractivity contribution in [3.8, 4) is 0 Å². The summed E-state index contributed by atoms with van der Waals surface area (Å²) in [6.07, 6.45) is 11.5. The summed E-state index contributed by atoms with van der Waals surface area (Å²) in [4.78, 5) is 23.7. The Hall–Kier alpha value is -1.38. The number of carbonyl (C=O) groups is 2. The minimum Gasteiger partial charge on any atom is -0.462 e. The van der Waals surface area contributed by atoms with E-state index in [9.17, 15) is 9.59 Å². The molecule has 0 saturated heterocycles. The third-order valence-corrected chi connectivity index (χ3v) is 7.54. The number of rotatable bonds is 1. The van der Waals surface area contributed by atoms with E-state index < -0.39 is 0 Å². The Morgan fingerprint density at radius 3 is 2.75 bits per heavy atom. The van der Waals surface area contributed by atoms with Gasteiger partial charge in [0.15, 0.2) is 0 Å². The first-order valence-corrected chi connectivity index (χ1v) is 9.45. The molecular formula is C21H28O3. The molecule has 2 fully saturated rings. The minimum atomic E-state index is -0.183. The third kappa shape index (κ3) is 2.16. The molecule has 4 rings (SSSR count). The van der Waals surface area contributed by atoms with Crippen LogP contribution in [0.1, 0.15) is 65.7 Å². The van der Waals surface area contributed by atoms with Crippen molar-refractivity contribution in [2.45, 2.75) is 71.8 Å². The van der Waals surface area contributed by atoms with E-state index in [0.29, 0.717) is 24.0 Å². The highest BCUT2D eigenvalue weighted by atomic mass is 16.5. The zero-order valence-corrected chi connectivity index (χ0v) is 15.1. The van der Waals surface area contributed by atoms with Crippen LogP contribution >= 0.6 is 0 Å². The van der Waals surface area contributed by atoms with Crippen molar-refractivity contribution in [2.75, 3.05) is 0 Å². The van der Waals surface area contributed by atoms with Crippen LogP contribution in [0.15, 0.2) is 23.3 Å². The fourth-order valence-corrected chi connectivity index (χ4v) is 6.12. The van der Waals surface area contributed by atoms with Gasteiger partial charge in [0.05, 0.1) is 0 Å². The molecule has 0 aromatic heterocycles. The Bertz CT molecular complexity index is 658. The monoisotopic (exact) mass is 328 g/mol. The van der Waals surface area contributed by atoms with Gasteiger partial charge in [-0.2, -0.15) is 0 Å². The summed E-state index contributed by atoms with van der Waals surface area (Å²) in [6.45, 7) is 6.09. The van der Waals surface area contributed by atoms with Crippen molar-refractivity contribution in [3.63, 3.8) is 0 Å². The van der Waals surface area contributed by atoms with Gasteiger partial charge in [-0.3, -0.25) is 9.59 Å². The van der Waals surface area contributed by atoms with Crippen molar-refractivity contribution in [3.05, 3.63) is 23.3 Å². The van der Waals surface area contributed by atoms with Crippen LogP contribution in [0.25, 0.3) is 0 Å². The number of ketones is 1. The zero-order chi connectivity index (χ0) is 17.1. The molecule has 0 bridgehead atoms. The van der Waals surface area contributed by atoms with Crippen LogP contribution in [-0.4, -0.2) is 17.9 Å². The van der Waals surface area contributed by atoms with E-state index in [1.54, 1.807) is 0 Å². The quantitative estimate of drug-likeness (QED) is 0.530. The van der Waals surface area contributed by atoms with Gasteiger partial charge in [0.1, 0.15) is 11.9 Å². The normalized spacial score (nSPS) is 44.0. The van der Waals surface area contributed by atoms with Gasteiger partial charge >= 0.3 is 5.97 Å². The summed E-state index contributed by atoms with van der Waals surface area (Å²) >= 11 is 0. The summed E-state index contributed by atoms with van der Waals surface area (Å²) < 4.78 is 5.48. The fraction of sp³-hybridized carbons (Fsp3) is 0.714. The summed E-state index contributed by atoms with van der Waals surface area (Å²) in [5.41, 5.74) is 2.96. The van der Waals surface area contributed by atoms with Crippen LogP contribution < -0.4 is 0 Å². The van der Waals surface area contributed by atoms with E-state index in [-0.39, 0.29) is 22.9 Å². The highest BCUT2D eigenvalue weighted by molar-refractivity contribution is 5.92. The molecule has 0 radical (unpaired) electrons. The molecule has 0 spiro atoms. The maximum atomic E-state index is 12.4. The molecule has 0 amide bonds. The lowest BCUT2D eigenvalue weighted by atomic mass is 9.49. The van der Waals surface area contributed by atoms with Gasteiger partial charge in [0.2, 0.25) is 0 Å². The van der Waals surface area contributed by atoms with Crippen LogP contribution in [0.5, 0.6) is 0 Å². The Kier molecular flexibility index (Phi) is 3.56. The second-order valence-electron chi connectivity index (χ2n) is 8.73. The van der Waals surface area contributed by atoms with Gasteiger partial charge in [-0.05, 0) is 56.3 Å². The lowest BCUT2D eigenvalue weighted by Crippen LogP contribution is -2.48. The second-order valence-corrected chi connectivity index (χ2v) is 8.73. The largest absolute Gasteiger partial charge is 0.462 e. The molecule has 4 aliphatic rings. The van der Waals surface area contributed by atoms with Gasteiger partial charge in [-0.1, -0.05) is 30.2 Å². The van der Waals surface area contributed by atoms with E-state index in [2.05, 4.69) is 26.0 Å². The summed E-state index contributed by atoms with van der Waals surface area (Å²) in [5.74, 6) is 1.44. The number of ether oxygens (including phenoxy) is 1. The predicted octanol–water partition coefficient (Wildman–Crippen LogP) is 4.37. The van der Waals surface area contributed by atoms with Crippen LogP contribution in [0.3, 0.4) is 0 Å². The molecule has 3 heteroatoms. The molecule has 0 aromatic carbocycles. The SMILES string of the molecule is CC(=O)O[C@H]1CC[C@@]2(C)C(=CC[C@H]3C4=CCC(=O)[C@@]4(C)CC[C@@H]32)C1. The number of allylic oxidation sites excluding steroid dienone is 3. The van der Waals surface area contributed by atoms with Crippen molar-refractivity contribution < 1.29 is 14.3 Å². The molecule has 5 atom stereocenters. The Morgan fingerprint density at radius 1 is 1.21 bits per heavy atom. The zero-order valence-electron chi connectivity index (χ0n) is 15.1. The lowest BCUT2D eigenvalue weighted by Gasteiger charge is -2.55. The van der Waals surface area contributed by atoms with Gasteiger partial charge in [-0.25, -0.2) is 0 Å². The molecular weight excluding hydrogens is 300 g/mol. The van der Waals surface area contributed by atoms with E-state index in [0.717, 1.165) is 38.5 Å². The van der Waals surface area contributed by atoms with Gasteiger partial charge < -0.3 is 4.74 Å². The van der Waals surface area contributed by atoms with Crippen LogP contribution in [-0.2, 0) is 14.3 Å². The van der Waals surface area contributed by atoms with Gasteiger partial charge in [0.25, 0.3) is 0 Å². The summed E-state index contributed by atoms with van der Waals surface area (Å²) in [5, 5.41) is 0. The van der Waals surface area contributed by atoms with E-state index >= 15 is 0 Å². The predicted molar refractivity (Wildman–Crippen MR) is 92.2 cm³/mol. The van der Waals surface area contributed by atoms with E-state index in [4.69, 9.17) is 4.74 Å². The molecule has 2 saturated carbocycles. The second kappa shape index (κ2) is 5.31. The van der Waals surface area contributed by atoms with Crippen LogP contribution in [0.4, 0.5) is 0 Å². The molecule has 4 aliphatic carbocycles. The maximum Gasteiger partial charge on any atom is 0.302 e. The number of hydrogen-bond donors (Lipinski definition) is 0. The average molecular weight is 328 g/mol. The molecule has 0 unspecified atom stereocenters. The highest BCUT2D eigenvalue weighted by Gasteiger charge is 2.55. The number of fused-ring (bicyclic) bond motifs is 5. The molecule has 0 heterocycles. The molecule has 0 N–H and O–H groups in total. The van der Waals surface area contributed by atoms with Crippen molar-refractivity contribution >= 4 is 11.8 Å². The number of hydrogen-bond acceptors (Lipinski definition) is 3. The van der Waals surface area contributed by atoms with Gasteiger partial charge in [0, 0.05) is 25.2 Å². The van der Waals surface area contributed by atoms with Crippen molar-refractivity contribution in [1.29, 1.82) is 0 Å². The smallest absolute Gasteiger partial charge is 0.302 e. The lowest BCUT2D eigenvalue weighted by molar-refractivity contribution is -0.148. The first-order valence-electron chi connectivity index (χ1n) is 9.45. The van der Waals surface area contributed by atoms with Crippen molar-refractivity contribution in [2.24, 2.45) is 22.7 Å². The Balaban J connectivity index is 1.62. The van der Waals surface area contributed by atoms with Crippen molar-refractivity contribution in [1.82, 2.24) is 0 Å². The molecule has 3 nitrogen and oxygen atoms in total. The average Bonchev–Trinajstić information content (AvgIpc) is 2.83. The highest BCUT2D eigenvalue weighted by Crippen LogP contribution is 2.62. The van der Waals surface area contributed by atoms with E-state index in [1.165, 1.54) is 18.1 Å². The molecule has 130 valence electrons.